The van der Waals surface area contributed by atoms with E-state index < -0.39 is 0 Å². The average Bonchev–Trinajstić information content (AvgIpc) is 2.18. The molecule has 1 aromatic heterocycles. The van der Waals surface area contributed by atoms with Crippen molar-refractivity contribution in [3.8, 4) is 5.75 Å². The molecule has 0 saturated heterocycles. The Hall–Kier alpha value is -1.75. The maximum atomic E-state index is 5.28. The summed E-state index contributed by atoms with van der Waals surface area (Å²) in [6, 6.07) is 5.40. The van der Waals surface area contributed by atoms with Gasteiger partial charge in [0.05, 0.1) is 5.52 Å². The van der Waals surface area contributed by atoms with Crippen molar-refractivity contribution < 1.29 is 4.74 Å². The SMILES string of the molecule is NC(=S)Oc1cccc2nccnc12. The molecule has 2 aromatic rings. The fourth-order valence-corrected chi connectivity index (χ4v) is 1.25. The van der Waals surface area contributed by atoms with Crippen LogP contribution in [0.5, 0.6) is 5.75 Å². The molecule has 0 aliphatic heterocycles. The number of nitrogens with two attached hydrogens (primary N) is 1. The molecule has 14 heavy (non-hydrogen) atoms. The van der Waals surface area contributed by atoms with E-state index in [0.29, 0.717) is 11.3 Å². The normalized spacial score (nSPS) is 10.0. The molecule has 1 heterocycles. The highest BCUT2D eigenvalue weighted by molar-refractivity contribution is 7.80. The monoisotopic (exact) mass is 205 g/mol. The van der Waals surface area contributed by atoms with E-state index in [9.17, 15) is 0 Å². The van der Waals surface area contributed by atoms with Crippen LogP contribution in [0.4, 0.5) is 0 Å². The van der Waals surface area contributed by atoms with Gasteiger partial charge in [-0.2, -0.15) is 0 Å². The van der Waals surface area contributed by atoms with Crippen LogP contribution < -0.4 is 10.5 Å². The Bertz CT molecular complexity index is 481. The lowest BCUT2D eigenvalue weighted by Gasteiger charge is -2.04. The molecule has 0 saturated carbocycles. The van der Waals surface area contributed by atoms with Crippen LogP contribution in [0.15, 0.2) is 30.6 Å². The van der Waals surface area contributed by atoms with Crippen molar-refractivity contribution in [2.45, 2.75) is 0 Å². The van der Waals surface area contributed by atoms with E-state index in [0.717, 1.165) is 5.52 Å². The Balaban J connectivity index is 2.59. The minimum Gasteiger partial charge on any atom is -0.430 e. The third-order valence-corrected chi connectivity index (χ3v) is 1.76. The summed E-state index contributed by atoms with van der Waals surface area (Å²) in [5.41, 5.74) is 6.68. The second kappa shape index (κ2) is 3.55. The Morgan fingerprint density at radius 2 is 2.07 bits per heavy atom. The van der Waals surface area contributed by atoms with Gasteiger partial charge in [-0.3, -0.25) is 4.98 Å². The van der Waals surface area contributed by atoms with Gasteiger partial charge in [0, 0.05) is 12.4 Å². The van der Waals surface area contributed by atoms with Crippen LogP contribution in [0, 0.1) is 0 Å². The summed E-state index contributed by atoms with van der Waals surface area (Å²) in [7, 11) is 0. The number of thiocarbonyl (C=S) groups is 1. The highest BCUT2D eigenvalue weighted by atomic mass is 32.1. The van der Waals surface area contributed by atoms with Crippen molar-refractivity contribution >= 4 is 28.4 Å². The molecule has 4 nitrogen and oxygen atoms in total. The lowest BCUT2D eigenvalue weighted by Crippen LogP contribution is -2.16. The Morgan fingerprint density at radius 1 is 1.29 bits per heavy atom. The number of fused-ring (bicyclic) bond motifs is 1. The summed E-state index contributed by atoms with van der Waals surface area (Å²) in [5.74, 6) is 0.531. The van der Waals surface area contributed by atoms with Crippen molar-refractivity contribution in [2.75, 3.05) is 0 Å². The van der Waals surface area contributed by atoms with Gasteiger partial charge >= 0.3 is 0 Å². The first-order valence-electron chi connectivity index (χ1n) is 3.94. The standard InChI is InChI=1S/C9H7N3OS/c10-9(14)13-7-3-1-2-6-8(7)12-5-4-11-6/h1-5H,(H2,10,14). The van der Waals surface area contributed by atoms with E-state index in [1.165, 1.54) is 0 Å². The smallest absolute Gasteiger partial charge is 0.259 e. The van der Waals surface area contributed by atoms with Gasteiger partial charge in [-0.05, 0) is 24.4 Å². The Morgan fingerprint density at radius 3 is 2.86 bits per heavy atom. The number of ether oxygens (including phenoxy) is 1. The van der Waals surface area contributed by atoms with Gasteiger partial charge in [0.1, 0.15) is 5.52 Å². The molecule has 0 spiro atoms. The van der Waals surface area contributed by atoms with Gasteiger partial charge in [0.25, 0.3) is 5.17 Å². The minimum atomic E-state index is -0.0249. The third kappa shape index (κ3) is 1.62. The number of para-hydroxylation sites is 1. The number of rotatable bonds is 1. The maximum absolute atomic E-state index is 5.28. The van der Waals surface area contributed by atoms with E-state index in [2.05, 4.69) is 22.2 Å². The van der Waals surface area contributed by atoms with E-state index in [-0.39, 0.29) is 5.17 Å². The van der Waals surface area contributed by atoms with Crippen molar-refractivity contribution in [1.29, 1.82) is 0 Å². The molecule has 2 rings (SSSR count). The first-order valence-corrected chi connectivity index (χ1v) is 4.35. The second-order valence-electron chi connectivity index (χ2n) is 2.60. The number of benzene rings is 1. The molecule has 70 valence electrons. The largest absolute Gasteiger partial charge is 0.430 e. The van der Waals surface area contributed by atoms with Crippen molar-refractivity contribution in [1.82, 2.24) is 9.97 Å². The molecule has 5 heteroatoms. The summed E-state index contributed by atoms with van der Waals surface area (Å²) >= 11 is 4.65. The van der Waals surface area contributed by atoms with Gasteiger partial charge in [-0.15, -0.1) is 0 Å². The van der Waals surface area contributed by atoms with Crippen molar-refractivity contribution in [3.05, 3.63) is 30.6 Å². The van der Waals surface area contributed by atoms with E-state index in [4.69, 9.17) is 10.5 Å². The first-order chi connectivity index (χ1) is 6.77. The summed E-state index contributed by atoms with van der Waals surface area (Å²) in [6.07, 6.45) is 3.21. The molecule has 0 fully saturated rings. The predicted octanol–water partition coefficient (Wildman–Crippen LogP) is 1.25. The van der Waals surface area contributed by atoms with Gasteiger partial charge in [-0.1, -0.05) is 6.07 Å². The van der Waals surface area contributed by atoms with Crippen LogP contribution in [0.2, 0.25) is 0 Å². The van der Waals surface area contributed by atoms with E-state index >= 15 is 0 Å². The molecule has 2 N–H and O–H groups in total. The molecule has 0 bridgehead atoms. The van der Waals surface area contributed by atoms with Crippen LogP contribution in [0.3, 0.4) is 0 Å². The van der Waals surface area contributed by atoms with Crippen molar-refractivity contribution in [2.24, 2.45) is 5.73 Å². The van der Waals surface area contributed by atoms with Crippen LogP contribution in [-0.4, -0.2) is 15.1 Å². The van der Waals surface area contributed by atoms with Gasteiger partial charge in [0.2, 0.25) is 0 Å². The van der Waals surface area contributed by atoms with E-state index in [1.54, 1.807) is 18.5 Å². The zero-order chi connectivity index (χ0) is 9.97. The fraction of sp³-hybridized carbons (Fsp3) is 0. The molecule has 0 atom stereocenters. The minimum absolute atomic E-state index is 0.0249. The van der Waals surface area contributed by atoms with Crippen LogP contribution in [0.1, 0.15) is 0 Å². The van der Waals surface area contributed by atoms with Crippen LogP contribution >= 0.6 is 12.2 Å². The number of hydrogen-bond donors (Lipinski definition) is 1. The van der Waals surface area contributed by atoms with Crippen molar-refractivity contribution in [3.63, 3.8) is 0 Å². The number of hydrogen-bond acceptors (Lipinski definition) is 4. The molecule has 0 unspecified atom stereocenters. The lowest BCUT2D eigenvalue weighted by atomic mass is 10.3. The molecular formula is C9H7N3OS. The number of aromatic nitrogens is 2. The third-order valence-electron chi connectivity index (χ3n) is 1.67. The molecule has 0 radical (unpaired) electrons. The quantitative estimate of drug-likeness (QED) is 0.710. The summed E-state index contributed by atoms with van der Waals surface area (Å²) in [6.45, 7) is 0. The highest BCUT2D eigenvalue weighted by Gasteiger charge is 2.03. The summed E-state index contributed by atoms with van der Waals surface area (Å²) in [5, 5.41) is -0.0249. The maximum Gasteiger partial charge on any atom is 0.259 e. The molecule has 0 amide bonds. The molecule has 1 aromatic carbocycles. The second-order valence-corrected chi connectivity index (χ2v) is 3.00. The van der Waals surface area contributed by atoms with Gasteiger partial charge < -0.3 is 10.5 Å². The zero-order valence-corrected chi connectivity index (χ0v) is 7.99. The molecule has 0 aliphatic carbocycles. The van der Waals surface area contributed by atoms with E-state index in [1.807, 2.05) is 12.1 Å². The Labute approximate surface area is 85.7 Å². The molecule has 0 aliphatic rings. The summed E-state index contributed by atoms with van der Waals surface area (Å²) in [4.78, 5) is 8.25. The average molecular weight is 205 g/mol. The van der Waals surface area contributed by atoms with Gasteiger partial charge in [0.15, 0.2) is 5.75 Å². The fourth-order valence-electron chi connectivity index (χ4n) is 1.16. The topological polar surface area (TPSA) is 61.0 Å². The number of nitrogens with zero attached hydrogens (tertiary/aromatic N) is 2. The zero-order valence-electron chi connectivity index (χ0n) is 7.18. The Kier molecular flexibility index (Phi) is 2.24. The summed E-state index contributed by atoms with van der Waals surface area (Å²) < 4.78 is 5.13. The lowest BCUT2D eigenvalue weighted by molar-refractivity contribution is 0.562. The van der Waals surface area contributed by atoms with Gasteiger partial charge in [-0.25, -0.2) is 4.98 Å². The first kappa shape index (κ1) is 8.83. The van der Waals surface area contributed by atoms with Crippen LogP contribution in [-0.2, 0) is 0 Å². The highest BCUT2D eigenvalue weighted by Crippen LogP contribution is 2.20. The molecular weight excluding hydrogens is 198 g/mol. The predicted molar refractivity (Wildman–Crippen MR) is 57.0 cm³/mol. The van der Waals surface area contributed by atoms with Crippen LogP contribution in [0.25, 0.3) is 11.0 Å².